The Hall–Kier alpha value is -2.74. The van der Waals surface area contributed by atoms with Gasteiger partial charge >= 0.3 is 0 Å². The summed E-state index contributed by atoms with van der Waals surface area (Å²) >= 11 is 0. The van der Waals surface area contributed by atoms with Crippen molar-refractivity contribution in [1.29, 1.82) is 0 Å². The summed E-state index contributed by atoms with van der Waals surface area (Å²) in [4.78, 5) is 0. The molecule has 0 aliphatic heterocycles. The third kappa shape index (κ3) is 3.37. The Kier molecular flexibility index (Phi) is 4.33. The molecule has 0 aliphatic rings. The maximum atomic E-state index is 9.57. The standard InChI is InChI=1S/C21H20O2/c1-15(16-5-3-2-4-6-16)21(17-7-11-19(22)12-8-17)18-9-13-20(23)14-10-18/h2-15,21-23H,1H3. The van der Waals surface area contributed by atoms with Crippen LogP contribution in [-0.4, -0.2) is 10.2 Å². The summed E-state index contributed by atoms with van der Waals surface area (Å²) in [7, 11) is 0. The van der Waals surface area contributed by atoms with Crippen molar-refractivity contribution in [2.24, 2.45) is 0 Å². The van der Waals surface area contributed by atoms with Gasteiger partial charge in [-0.1, -0.05) is 61.5 Å². The van der Waals surface area contributed by atoms with Crippen molar-refractivity contribution in [3.63, 3.8) is 0 Å². The van der Waals surface area contributed by atoms with Gasteiger partial charge in [0.25, 0.3) is 0 Å². The van der Waals surface area contributed by atoms with Gasteiger partial charge in [0.15, 0.2) is 0 Å². The molecule has 23 heavy (non-hydrogen) atoms. The zero-order chi connectivity index (χ0) is 16.2. The molecular weight excluding hydrogens is 284 g/mol. The zero-order valence-corrected chi connectivity index (χ0v) is 13.1. The summed E-state index contributed by atoms with van der Waals surface area (Å²) in [5, 5.41) is 19.1. The van der Waals surface area contributed by atoms with Crippen LogP contribution >= 0.6 is 0 Å². The molecule has 0 aliphatic carbocycles. The molecular formula is C21H20O2. The van der Waals surface area contributed by atoms with E-state index in [9.17, 15) is 10.2 Å². The first kappa shape index (κ1) is 15.2. The van der Waals surface area contributed by atoms with Crippen molar-refractivity contribution >= 4 is 0 Å². The quantitative estimate of drug-likeness (QED) is 0.709. The van der Waals surface area contributed by atoms with Crippen LogP contribution in [0.5, 0.6) is 11.5 Å². The Balaban J connectivity index is 2.06. The lowest BCUT2D eigenvalue weighted by atomic mass is 9.78. The maximum Gasteiger partial charge on any atom is 0.115 e. The Labute approximate surface area is 136 Å². The monoisotopic (exact) mass is 304 g/mol. The third-order valence-corrected chi connectivity index (χ3v) is 4.33. The van der Waals surface area contributed by atoms with Gasteiger partial charge in [0.2, 0.25) is 0 Å². The highest BCUT2D eigenvalue weighted by Crippen LogP contribution is 2.39. The lowest BCUT2D eigenvalue weighted by Crippen LogP contribution is -2.10. The molecule has 1 atom stereocenters. The van der Waals surface area contributed by atoms with Crippen LogP contribution in [-0.2, 0) is 0 Å². The highest BCUT2D eigenvalue weighted by molar-refractivity contribution is 5.41. The van der Waals surface area contributed by atoms with E-state index < -0.39 is 0 Å². The number of phenols is 2. The van der Waals surface area contributed by atoms with Crippen molar-refractivity contribution in [2.75, 3.05) is 0 Å². The van der Waals surface area contributed by atoms with Gasteiger partial charge in [-0.2, -0.15) is 0 Å². The number of hydrogen-bond donors (Lipinski definition) is 2. The lowest BCUT2D eigenvalue weighted by molar-refractivity contribution is 0.474. The average molecular weight is 304 g/mol. The van der Waals surface area contributed by atoms with Gasteiger partial charge in [0, 0.05) is 5.92 Å². The fourth-order valence-corrected chi connectivity index (χ4v) is 3.08. The molecule has 0 bridgehead atoms. The third-order valence-electron chi connectivity index (χ3n) is 4.33. The Morgan fingerprint density at radius 1 is 0.565 bits per heavy atom. The molecule has 3 aromatic rings. The maximum absolute atomic E-state index is 9.57. The molecule has 0 heterocycles. The Bertz CT molecular complexity index is 701. The molecule has 0 radical (unpaired) electrons. The minimum Gasteiger partial charge on any atom is -0.508 e. The van der Waals surface area contributed by atoms with E-state index in [0.29, 0.717) is 0 Å². The van der Waals surface area contributed by atoms with Crippen LogP contribution in [0, 0.1) is 0 Å². The van der Waals surface area contributed by atoms with Crippen LogP contribution in [0.3, 0.4) is 0 Å². The first-order valence-electron chi connectivity index (χ1n) is 7.78. The molecule has 2 N–H and O–H groups in total. The summed E-state index contributed by atoms with van der Waals surface area (Å²) < 4.78 is 0. The molecule has 0 saturated heterocycles. The number of aromatic hydroxyl groups is 2. The molecule has 0 spiro atoms. The SMILES string of the molecule is CC(c1ccccc1)C(c1ccc(O)cc1)c1ccc(O)cc1. The molecule has 3 aromatic carbocycles. The summed E-state index contributed by atoms with van der Waals surface area (Å²) in [5.74, 6) is 0.958. The summed E-state index contributed by atoms with van der Waals surface area (Å²) in [6, 6.07) is 25.1. The second kappa shape index (κ2) is 6.57. The first-order chi connectivity index (χ1) is 11.1. The van der Waals surface area contributed by atoms with E-state index in [0.717, 1.165) is 11.1 Å². The largest absolute Gasteiger partial charge is 0.508 e. The summed E-state index contributed by atoms with van der Waals surface area (Å²) in [6.07, 6.45) is 0. The van der Waals surface area contributed by atoms with Gasteiger partial charge in [0.05, 0.1) is 0 Å². The van der Waals surface area contributed by atoms with Gasteiger partial charge in [-0.05, 0) is 46.9 Å². The number of hydrogen-bond acceptors (Lipinski definition) is 2. The van der Waals surface area contributed by atoms with Gasteiger partial charge < -0.3 is 10.2 Å². The van der Waals surface area contributed by atoms with Gasteiger partial charge in [0.1, 0.15) is 11.5 Å². The molecule has 0 amide bonds. The number of benzene rings is 3. The molecule has 116 valence electrons. The van der Waals surface area contributed by atoms with Crippen LogP contribution in [0.2, 0.25) is 0 Å². The van der Waals surface area contributed by atoms with E-state index >= 15 is 0 Å². The van der Waals surface area contributed by atoms with E-state index in [-0.39, 0.29) is 23.3 Å². The topological polar surface area (TPSA) is 40.5 Å². The highest BCUT2D eigenvalue weighted by atomic mass is 16.3. The van der Waals surface area contributed by atoms with Gasteiger partial charge in [-0.15, -0.1) is 0 Å². The van der Waals surface area contributed by atoms with Crippen molar-refractivity contribution in [3.05, 3.63) is 95.6 Å². The first-order valence-corrected chi connectivity index (χ1v) is 7.78. The van der Waals surface area contributed by atoms with E-state index in [1.807, 2.05) is 30.3 Å². The molecule has 1 unspecified atom stereocenters. The van der Waals surface area contributed by atoms with Crippen LogP contribution in [0.1, 0.15) is 35.4 Å². The molecule has 0 saturated carbocycles. The fraction of sp³-hybridized carbons (Fsp3) is 0.143. The van der Waals surface area contributed by atoms with Crippen molar-refractivity contribution < 1.29 is 10.2 Å². The predicted molar refractivity (Wildman–Crippen MR) is 92.9 cm³/mol. The van der Waals surface area contributed by atoms with Crippen LogP contribution in [0.15, 0.2) is 78.9 Å². The molecule has 0 aromatic heterocycles. The normalized spacial score (nSPS) is 12.3. The van der Waals surface area contributed by atoms with Crippen LogP contribution in [0.4, 0.5) is 0 Å². The predicted octanol–water partition coefficient (Wildman–Crippen LogP) is 5.03. The Morgan fingerprint density at radius 2 is 1.00 bits per heavy atom. The smallest absolute Gasteiger partial charge is 0.115 e. The van der Waals surface area contributed by atoms with Gasteiger partial charge in [-0.25, -0.2) is 0 Å². The van der Waals surface area contributed by atoms with Crippen molar-refractivity contribution in [3.8, 4) is 11.5 Å². The van der Waals surface area contributed by atoms with Crippen molar-refractivity contribution in [1.82, 2.24) is 0 Å². The van der Waals surface area contributed by atoms with Crippen LogP contribution < -0.4 is 0 Å². The Morgan fingerprint density at radius 3 is 1.43 bits per heavy atom. The molecule has 3 rings (SSSR count). The number of rotatable bonds is 4. The van der Waals surface area contributed by atoms with E-state index in [4.69, 9.17) is 0 Å². The molecule has 2 nitrogen and oxygen atoms in total. The minimum absolute atomic E-state index is 0.151. The molecule has 0 fully saturated rings. The molecule has 2 heteroatoms. The van der Waals surface area contributed by atoms with E-state index in [1.165, 1.54) is 5.56 Å². The summed E-state index contributed by atoms with van der Waals surface area (Å²) in [6.45, 7) is 2.21. The second-order valence-corrected chi connectivity index (χ2v) is 5.86. The highest BCUT2D eigenvalue weighted by Gasteiger charge is 2.22. The van der Waals surface area contributed by atoms with Gasteiger partial charge in [-0.3, -0.25) is 0 Å². The fourth-order valence-electron chi connectivity index (χ4n) is 3.08. The second-order valence-electron chi connectivity index (χ2n) is 5.86. The lowest BCUT2D eigenvalue weighted by Gasteiger charge is -2.26. The number of phenolic OH excluding ortho intramolecular Hbond substituents is 2. The zero-order valence-electron chi connectivity index (χ0n) is 13.1. The van der Waals surface area contributed by atoms with Crippen molar-refractivity contribution in [2.45, 2.75) is 18.8 Å². The summed E-state index contributed by atoms with van der Waals surface area (Å²) in [5.41, 5.74) is 3.55. The van der Waals surface area contributed by atoms with E-state index in [2.05, 4.69) is 31.2 Å². The average Bonchev–Trinajstić information content (AvgIpc) is 2.59. The van der Waals surface area contributed by atoms with Crippen LogP contribution in [0.25, 0.3) is 0 Å². The minimum atomic E-state index is 0.151. The van der Waals surface area contributed by atoms with E-state index in [1.54, 1.807) is 24.3 Å².